The molecule has 72 valence electrons. The summed E-state index contributed by atoms with van der Waals surface area (Å²) in [6.07, 6.45) is -4.04. The van der Waals surface area contributed by atoms with E-state index >= 15 is 0 Å². The Hall–Kier alpha value is -0.240. The monoisotopic (exact) mass is 180 g/mol. The standard InChI is InChI=1S/C6H12O6/c7-1-3-4(9)5(10)6(11,2-8)12-3/h3-5,7-11H,1-2H2/t3-,4+,5+,6?/m0/s1. The maximum Gasteiger partial charge on any atom is 0.219 e. The summed E-state index contributed by atoms with van der Waals surface area (Å²) < 4.78 is 4.63. The molecule has 1 aliphatic heterocycles. The van der Waals surface area contributed by atoms with Crippen LogP contribution < -0.4 is 0 Å². The second-order valence-electron chi connectivity index (χ2n) is 2.78. The van der Waals surface area contributed by atoms with Gasteiger partial charge in [0.25, 0.3) is 0 Å². The predicted molar refractivity (Wildman–Crippen MR) is 36.0 cm³/mol. The van der Waals surface area contributed by atoms with Gasteiger partial charge in [-0.05, 0) is 0 Å². The van der Waals surface area contributed by atoms with Gasteiger partial charge in [-0.3, -0.25) is 0 Å². The largest absolute Gasteiger partial charge is 0.394 e. The summed E-state index contributed by atoms with van der Waals surface area (Å²) in [5.41, 5.74) is 0. The zero-order valence-corrected chi connectivity index (χ0v) is 6.29. The third-order valence-corrected chi connectivity index (χ3v) is 1.93. The van der Waals surface area contributed by atoms with Gasteiger partial charge in [0.05, 0.1) is 13.2 Å². The highest BCUT2D eigenvalue weighted by Gasteiger charge is 2.52. The maximum atomic E-state index is 9.25. The van der Waals surface area contributed by atoms with Crippen LogP contribution in [0.3, 0.4) is 0 Å². The molecule has 0 aliphatic carbocycles. The molecule has 6 nitrogen and oxygen atoms in total. The second-order valence-corrected chi connectivity index (χ2v) is 2.78. The van der Waals surface area contributed by atoms with E-state index in [4.69, 9.17) is 20.4 Å². The van der Waals surface area contributed by atoms with E-state index in [-0.39, 0.29) is 0 Å². The van der Waals surface area contributed by atoms with Crippen LogP contribution in [-0.2, 0) is 4.74 Å². The van der Waals surface area contributed by atoms with Crippen LogP contribution in [-0.4, -0.2) is 62.8 Å². The molecule has 0 bridgehead atoms. The molecule has 0 aromatic carbocycles. The Labute approximate surface area is 68.6 Å². The summed E-state index contributed by atoms with van der Waals surface area (Å²) >= 11 is 0. The van der Waals surface area contributed by atoms with Gasteiger partial charge in [-0.25, -0.2) is 0 Å². The highest BCUT2D eigenvalue weighted by atomic mass is 16.7. The number of ether oxygens (including phenoxy) is 1. The average Bonchev–Trinajstić information content (AvgIpc) is 2.31. The summed E-state index contributed by atoms with van der Waals surface area (Å²) in [5, 5.41) is 44.7. The van der Waals surface area contributed by atoms with Crippen molar-refractivity contribution in [2.24, 2.45) is 0 Å². The summed E-state index contributed by atoms with van der Waals surface area (Å²) in [4.78, 5) is 0. The normalized spacial score (nSPS) is 48.2. The lowest BCUT2D eigenvalue weighted by Crippen LogP contribution is -2.46. The first-order valence-electron chi connectivity index (χ1n) is 3.53. The molecule has 0 radical (unpaired) electrons. The first-order valence-corrected chi connectivity index (χ1v) is 3.53. The summed E-state index contributed by atoms with van der Waals surface area (Å²) in [5.74, 6) is -2.16. The lowest BCUT2D eigenvalue weighted by Gasteiger charge is -2.22. The van der Waals surface area contributed by atoms with Gasteiger partial charge < -0.3 is 30.3 Å². The Balaban J connectivity index is 2.72. The van der Waals surface area contributed by atoms with Gasteiger partial charge in [-0.1, -0.05) is 0 Å². The van der Waals surface area contributed by atoms with Crippen LogP contribution in [0.15, 0.2) is 0 Å². The summed E-state index contributed by atoms with van der Waals surface area (Å²) in [6, 6.07) is 0. The van der Waals surface area contributed by atoms with Crippen molar-refractivity contribution in [1.29, 1.82) is 0 Å². The average molecular weight is 180 g/mol. The van der Waals surface area contributed by atoms with Crippen LogP contribution in [0.5, 0.6) is 0 Å². The minimum absolute atomic E-state index is 0.527. The Morgan fingerprint density at radius 1 is 1.25 bits per heavy atom. The third-order valence-electron chi connectivity index (χ3n) is 1.93. The second kappa shape index (κ2) is 3.25. The molecule has 0 aromatic heterocycles. The van der Waals surface area contributed by atoms with Crippen LogP contribution >= 0.6 is 0 Å². The maximum absolute atomic E-state index is 9.25. The highest BCUT2D eigenvalue weighted by Crippen LogP contribution is 2.28. The fourth-order valence-electron chi connectivity index (χ4n) is 1.15. The van der Waals surface area contributed by atoms with E-state index < -0.39 is 37.3 Å². The van der Waals surface area contributed by atoms with Gasteiger partial charge in [0.15, 0.2) is 0 Å². The van der Waals surface area contributed by atoms with Crippen molar-refractivity contribution in [3.8, 4) is 0 Å². The van der Waals surface area contributed by atoms with E-state index in [0.29, 0.717) is 0 Å². The summed E-state index contributed by atoms with van der Waals surface area (Å²) in [6.45, 7) is -1.36. The zero-order valence-electron chi connectivity index (χ0n) is 6.29. The fourth-order valence-corrected chi connectivity index (χ4v) is 1.15. The first kappa shape index (κ1) is 9.85. The lowest BCUT2D eigenvalue weighted by atomic mass is 10.1. The Kier molecular flexibility index (Phi) is 2.67. The van der Waals surface area contributed by atoms with Crippen LogP contribution in [0.4, 0.5) is 0 Å². The molecule has 0 aromatic rings. The van der Waals surface area contributed by atoms with E-state index in [2.05, 4.69) is 4.74 Å². The van der Waals surface area contributed by atoms with Crippen molar-refractivity contribution in [3.63, 3.8) is 0 Å². The van der Waals surface area contributed by atoms with E-state index in [1.165, 1.54) is 0 Å². The molecule has 1 aliphatic rings. The molecule has 1 fully saturated rings. The Bertz CT molecular complexity index is 162. The molecule has 4 atom stereocenters. The minimum Gasteiger partial charge on any atom is -0.394 e. The lowest BCUT2D eigenvalue weighted by molar-refractivity contribution is -0.248. The molecule has 6 heteroatoms. The predicted octanol–water partition coefficient (Wildman–Crippen LogP) is -3.22. The number of aliphatic hydroxyl groups is 5. The smallest absolute Gasteiger partial charge is 0.219 e. The van der Waals surface area contributed by atoms with E-state index in [9.17, 15) is 5.11 Å². The van der Waals surface area contributed by atoms with Crippen molar-refractivity contribution in [2.75, 3.05) is 13.2 Å². The molecule has 1 unspecified atom stereocenters. The summed E-state index contributed by atoms with van der Waals surface area (Å²) in [7, 11) is 0. The van der Waals surface area contributed by atoms with Crippen molar-refractivity contribution in [1.82, 2.24) is 0 Å². The number of hydrogen-bond donors (Lipinski definition) is 5. The first-order chi connectivity index (χ1) is 5.55. The molecule has 0 amide bonds. The van der Waals surface area contributed by atoms with E-state index in [1.54, 1.807) is 0 Å². The van der Waals surface area contributed by atoms with Crippen LogP contribution in [0, 0.1) is 0 Å². The fraction of sp³-hybridized carbons (Fsp3) is 1.00. The molecular weight excluding hydrogens is 168 g/mol. The molecule has 0 saturated carbocycles. The van der Waals surface area contributed by atoms with Crippen molar-refractivity contribution >= 4 is 0 Å². The van der Waals surface area contributed by atoms with Gasteiger partial charge >= 0.3 is 0 Å². The van der Waals surface area contributed by atoms with Gasteiger partial charge in [-0.15, -0.1) is 0 Å². The van der Waals surface area contributed by atoms with Crippen LogP contribution in [0.2, 0.25) is 0 Å². The molecule has 1 saturated heterocycles. The van der Waals surface area contributed by atoms with E-state index in [1.807, 2.05) is 0 Å². The Morgan fingerprint density at radius 2 is 1.83 bits per heavy atom. The molecular formula is C6H12O6. The van der Waals surface area contributed by atoms with Gasteiger partial charge in [0, 0.05) is 0 Å². The number of aliphatic hydroxyl groups excluding tert-OH is 4. The Morgan fingerprint density at radius 3 is 2.08 bits per heavy atom. The highest BCUT2D eigenvalue weighted by molar-refractivity contribution is 4.94. The van der Waals surface area contributed by atoms with Crippen molar-refractivity contribution in [3.05, 3.63) is 0 Å². The quantitative estimate of drug-likeness (QED) is 0.306. The molecule has 1 rings (SSSR count). The van der Waals surface area contributed by atoms with Gasteiger partial charge in [0.1, 0.15) is 18.3 Å². The molecule has 1 heterocycles. The minimum atomic E-state index is -2.16. The van der Waals surface area contributed by atoms with Gasteiger partial charge in [-0.2, -0.15) is 0 Å². The molecule has 12 heavy (non-hydrogen) atoms. The van der Waals surface area contributed by atoms with E-state index in [0.717, 1.165) is 0 Å². The topological polar surface area (TPSA) is 110 Å². The zero-order chi connectivity index (χ0) is 9.35. The van der Waals surface area contributed by atoms with Crippen LogP contribution in [0.25, 0.3) is 0 Å². The van der Waals surface area contributed by atoms with Crippen molar-refractivity contribution in [2.45, 2.75) is 24.1 Å². The number of hydrogen-bond acceptors (Lipinski definition) is 6. The SMILES string of the molecule is OC[C@@H]1OC(O)(CO)[C@H](O)[C@@H]1O. The third kappa shape index (κ3) is 1.33. The molecule has 5 N–H and O–H groups in total. The van der Waals surface area contributed by atoms with Crippen molar-refractivity contribution < 1.29 is 30.3 Å². The van der Waals surface area contributed by atoms with Crippen LogP contribution in [0.1, 0.15) is 0 Å². The van der Waals surface area contributed by atoms with Gasteiger partial charge in [0.2, 0.25) is 5.79 Å². The molecule has 0 spiro atoms. The number of rotatable bonds is 2.